The normalized spacial score (nSPS) is 21.3. The van der Waals surface area contributed by atoms with E-state index in [1.54, 1.807) is 0 Å². The summed E-state index contributed by atoms with van der Waals surface area (Å²) in [5, 5.41) is 40.3. The van der Waals surface area contributed by atoms with E-state index in [-0.39, 0.29) is 104 Å². The number of nitrogens with two attached hydrogens (primary N) is 2. The molecule has 6 aromatic carbocycles. The van der Waals surface area contributed by atoms with Gasteiger partial charge in [-0.15, -0.1) is 45.0 Å². The predicted molar refractivity (Wildman–Crippen MR) is 357 cm³/mol. The van der Waals surface area contributed by atoms with Crippen LogP contribution in [0, 0.1) is 0 Å². The monoisotopic (exact) mass is 1490 g/mol. The van der Waals surface area contributed by atoms with Crippen LogP contribution in [0.25, 0.3) is 0 Å². The van der Waals surface area contributed by atoms with Crippen molar-refractivity contribution in [2.24, 2.45) is 11.8 Å². The van der Waals surface area contributed by atoms with Gasteiger partial charge in [-0.1, -0.05) is 72.8 Å². The molecule has 0 amide bonds. The molecule has 0 saturated carbocycles. The van der Waals surface area contributed by atoms with Crippen molar-refractivity contribution in [3.63, 3.8) is 0 Å². The first-order chi connectivity index (χ1) is 45.1. The van der Waals surface area contributed by atoms with E-state index in [0.717, 1.165) is 93.5 Å². The maximum Gasteiger partial charge on any atom is 0.573 e. The van der Waals surface area contributed by atoms with Crippen LogP contribution in [-0.2, 0) is 45.2 Å². The maximum atomic E-state index is 12.9. The lowest BCUT2D eigenvalue weighted by molar-refractivity contribution is -0.275. The van der Waals surface area contributed by atoms with Gasteiger partial charge in [-0.05, 0) is 126 Å². The van der Waals surface area contributed by atoms with Crippen molar-refractivity contribution in [1.29, 1.82) is 0 Å². The summed E-state index contributed by atoms with van der Waals surface area (Å²) in [6.07, 6.45) is -21.2. The van der Waals surface area contributed by atoms with Gasteiger partial charge < -0.3 is 55.0 Å². The highest BCUT2D eigenvalue weighted by Gasteiger charge is 2.41. The summed E-state index contributed by atoms with van der Waals surface area (Å²) in [5.41, 5.74) is 2.32. The molecule has 17 nitrogen and oxygen atoms in total. The second-order valence-corrected chi connectivity index (χ2v) is 23.2. The summed E-state index contributed by atoms with van der Waals surface area (Å²) in [7, 11) is 16.4. The number of hydrogen-bond donors (Lipinski definition) is 8. The minimum absolute atomic E-state index is 0. The largest absolute Gasteiger partial charge is 0.573 e. The second-order valence-electron chi connectivity index (χ2n) is 21.6. The molecule has 0 aromatic heterocycles. The van der Waals surface area contributed by atoms with Crippen molar-refractivity contribution >= 4 is 88.1 Å². The summed E-state index contributed by atoms with van der Waals surface area (Å²) in [6.45, 7) is 0.579. The first-order valence-electron chi connectivity index (χ1n) is 29.0. The lowest BCUT2D eigenvalue weighted by Gasteiger charge is -2.38. The Bertz CT molecular complexity index is 3070. The number of nitrogens with one attached hydrogen (secondary N) is 3. The highest BCUT2D eigenvalue weighted by atomic mass is 32.2. The maximum absolute atomic E-state index is 12.9. The quantitative estimate of drug-likeness (QED) is 0.00980. The molecule has 3 aliphatic rings. The third kappa shape index (κ3) is 26.0. The number of ether oxygens (including phenoxy) is 5. The Labute approximate surface area is 590 Å². The molecule has 3 saturated heterocycles. The Hall–Kier alpha value is -4.58. The lowest BCUT2D eigenvalue weighted by Crippen LogP contribution is -2.51. The average molecular weight is 1490 g/mol. The molecule has 98 heavy (non-hydrogen) atoms. The van der Waals surface area contributed by atoms with Gasteiger partial charge in [0, 0.05) is 46.8 Å². The number of benzene rings is 6. The number of aliphatic hydroxyl groups is 3. The number of aliphatic hydroxyl groups excluding tert-OH is 3. The van der Waals surface area contributed by atoms with Crippen LogP contribution in [0.3, 0.4) is 0 Å². The molecule has 0 unspecified atom stereocenters. The third-order valence-corrected chi connectivity index (χ3v) is 16.7. The average Bonchev–Trinajstić information content (AvgIpc) is 0.806. The van der Waals surface area contributed by atoms with Crippen molar-refractivity contribution in [3.05, 3.63) is 190 Å². The van der Waals surface area contributed by atoms with E-state index in [4.69, 9.17) is 58.2 Å². The third-order valence-electron chi connectivity index (χ3n) is 15.5. The minimum atomic E-state index is -4.85. The van der Waals surface area contributed by atoms with Gasteiger partial charge in [-0.3, -0.25) is 0 Å². The lowest BCUT2D eigenvalue weighted by atomic mass is 9.81. The van der Waals surface area contributed by atoms with Crippen molar-refractivity contribution in [2.75, 3.05) is 39.2 Å². The summed E-state index contributed by atoms with van der Waals surface area (Å²) in [6, 6.07) is 33.5. The van der Waals surface area contributed by atoms with Crippen molar-refractivity contribution in [1.82, 2.24) is 16.0 Å². The van der Waals surface area contributed by atoms with E-state index in [1.807, 2.05) is 48.5 Å². The second kappa shape index (κ2) is 40.3. The zero-order valence-corrected chi connectivity index (χ0v) is 56.0. The van der Waals surface area contributed by atoms with E-state index in [1.165, 1.54) is 48.5 Å². The van der Waals surface area contributed by atoms with E-state index in [2.05, 4.69) is 35.4 Å². The molecule has 0 spiro atoms. The van der Waals surface area contributed by atoms with Gasteiger partial charge in [0.15, 0.2) is 0 Å². The van der Waals surface area contributed by atoms with E-state index in [0.29, 0.717) is 35.3 Å². The predicted octanol–water partition coefficient (Wildman–Crippen LogP) is 9.99. The van der Waals surface area contributed by atoms with Crippen LogP contribution in [0.15, 0.2) is 155 Å². The van der Waals surface area contributed by atoms with Gasteiger partial charge in [0.05, 0.1) is 133 Å². The summed E-state index contributed by atoms with van der Waals surface area (Å²) in [5.74, 6) is 7.57. The van der Waals surface area contributed by atoms with Gasteiger partial charge >= 0.3 is 25.1 Å². The van der Waals surface area contributed by atoms with Crippen molar-refractivity contribution in [3.8, 4) is 11.5 Å². The van der Waals surface area contributed by atoms with Gasteiger partial charge in [-0.2, -0.15) is 78.6 Å². The fourth-order valence-electron chi connectivity index (χ4n) is 11.1. The van der Waals surface area contributed by atoms with E-state index >= 15 is 0 Å². The van der Waals surface area contributed by atoms with Crippen LogP contribution in [-0.4, -0.2) is 145 Å². The van der Waals surface area contributed by atoms with Gasteiger partial charge in [-0.25, -0.2) is 0 Å². The smallest absolute Gasteiger partial charge is 0.406 e. The van der Waals surface area contributed by atoms with Crippen LogP contribution >= 0.6 is 64.6 Å². The zero-order chi connectivity index (χ0) is 69.1. The topological polar surface area (TPSA) is 232 Å². The van der Waals surface area contributed by atoms with Gasteiger partial charge in [0.1, 0.15) is 11.5 Å². The molecule has 3 fully saturated rings. The molecule has 534 valence electrons. The number of rotatable bonds is 23. The molecule has 3 aliphatic heterocycles. The minimum Gasteiger partial charge on any atom is -0.406 e. The summed E-state index contributed by atoms with van der Waals surface area (Å²) >= 11 is 2.02. The zero-order valence-electron chi connectivity index (χ0n) is 51.4. The number of alkyl halides is 12. The fraction of sp³-hybridized carbons (Fsp3) is 0.410. The SMILES string of the molecule is S.S.S.[B]CN[C@@H]1CO[C@H](C(c2ccc(C(F)(F)F)cc2)c2ccc(C(F)(F)F)cc2)C[C@@H]1O.[B]CN[C@@H]1CO[C@H](C(c2ccc(OC(F)(F)F)cc2)c2ccc(OC(F)(F)F)cc2)C[C@@H]1O.[B]CN[C@@H]1CO[C@H](C(c2ccc(SOON)cc2)c2ccc(SOON)cc2)C[C@@H]1O. The molecule has 9 rings (SSSR count). The van der Waals surface area contributed by atoms with Crippen molar-refractivity contribution < 1.29 is 110 Å². The summed E-state index contributed by atoms with van der Waals surface area (Å²) in [4.78, 5) is 9.94. The Balaban J connectivity index is 0.000000308. The first-order valence-corrected chi connectivity index (χ1v) is 30.4. The number of hydrogen-bond acceptors (Lipinski definition) is 19. The molecule has 0 aliphatic carbocycles. The Morgan fingerprint density at radius 1 is 0.408 bits per heavy atom. The fourth-order valence-corrected chi connectivity index (χ4v) is 11.8. The molecule has 37 heteroatoms. The molecule has 9 atom stereocenters. The van der Waals surface area contributed by atoms with Crippen LogP contribution in [0.1, 0.15) is 81.5 Å². The molecule has 0 bridgehead atoms. The molecular weight excluding hydrogens is 1420 g/mol. The Morgan fingerprint density at radius 2 is 0.643 bits per heavy atom. The van der Waals surface area contributed by atoms with Crippen LogP contribution in [0.5, 0.6) is 11.5 Å². The Kier molecular flexibility index (Phi) is 35.3. The van der Waals surface area contributed by atoms with Gasteiger partial charge in [0.2, 0.25) is 0 Å². The summed E-state index contributed by atoms with van der Waals surface area (Å²) < 4.78 is 188. The first kappa shape index (κ1) is 85.8. The van der Waals surface area contributed by atoms with Crippen LogP contribution in [0.4, 0.5) is 52.7 Å². The highest BCUT2D eigenvalue weighted by molar-refractivity contribution is 7.94. The van der Waals surface area contributed by atoms with E-state index in [9.17, 15) is 68.0 Å². The molecule has 6 aromatic rings. The highest BCUT2D eigenvalue weighted by Crippen LogP contribution is 2.42. The van der Waals surface area contributed by atoms with Crippen LogP contribution < -0.4 is 37.2 Å². The molecule has 6 radical (unpaired) electrons. The van der Waals surface area contributed by atoms with Crippen LogP contribution in [0.2, 0.25) is 0 Å². The van der Waals surface area contributed by atoms with E-state index < -0.39 is 102 Å². The standard InChI is InChI=1S/C21H20BF6NO4.C21H20BF6NO2.C19H24BN3O6S2.3H2S/c22-11-29-16-10-31-18(9-17(16)30)19(12-1-5-14(6-2-12)32-20(23,24)25)13-3-7-15(8-4-13)33-21(26,27)28;22-11-29-16-10-31-18(9-17(16)30)19(12-1-5-14(6-2-12)20(23,24)25)13-3-7-15(8-4-13)21(26,27)28;20-11-23-16-10-25-18(9-17(16)24)19(12-1-5-14(6-2-12)30-28-26-21)13-3-7-15(8-4-13)31-29-27-22;;;/h1-8,16-19,29-30H,9-11H2;1-8,16-19,29-30H,9-11H2;1-8,16-19,23-24H,9-11,21-22H2;3*1H2/t3*16-,17+,18+;;;/m111.../s1. The molecule has 3 heterocycles. The number of halogens is 12. The van der Waals surface area contributed by atoms with Crippen molar-refractivity contribution in [2.45, 2.75) is 127 Å². The van der Waals surface area contributed by atoms with Gasteiger partial charge in [0.25, 0.3) is 0 Å². The molecule has 10 N–H and O–H groups in total. The molecular formula is C61H70B3F12N5O12S5. The Morgan fingerprint density at radius 3 is 0.847 bits per heavy atom.